The molecule has 8 heteroatoms. The van der Waals surface area contributed by atoms with Gasteiger partial charge in [-0.3, -0.25) is 0 Å². The van der Waals surface area contributed by atoms with Gasteiger partial charge in [0.25, 0.3) is 0 Å². The molecule has 8 aromatic rings. The van der Waals surface area contributed by atoms with Crippen LogP contribution in [-0.2, 0) is 21.7 Å². The molecule has 6 nitrogen and oxygen atoms in total. The van der Waals surface area contributed by atoms with E-state index in [9.17, 15) is 0 Å². The zero-order chi connectivity index (χ0) is 48.4. The molecule has 0 amide bonds. The molecule has 0 aliphatic heterocycles. The molecule has 0 bridgehead atoms. The number of para-hydroxylation sites is 4. The predicted octanol–water partition coefficient (Wildman–Crippen LogP) is 18.4. The molecule has 0 fully saturated rings. The summed E-state index contributed by atoms with van der Waals surface area (Å²) in [5.74, 6) is 3.92. The molecule has 0 aromatic heterocycles. The van der Waals surface area contributed by atoms with E-state index in [-0.39, 0.29) is 21.7 Å². The summed E-state index contributed by atoms with van der Waals surface area (Å²) in [5.41, 5.74) is 4.96. The minimum Gasteiger partial charge on any atom is -0.408 e. The Morgan fingerprint density at radius 3 is 0.765 bits per heavy atom. The molecule has 8 rings (SSSR count). The van der Waals surface area contributed by atoms with Gasteiger partial charge in [0.15, 0.2) is 0 Å². The highest BCUT2D eigenvalue weighted by molar-refractivity contribution is 7.43. The summed E-state index contributed by atoms with van der Waals surface area (Å²) in [6, 6.07) is 57.5. The van der Waals surface area contributed by atoms with Gasteiger partial charge in [-0.15, -0.1) is 0 Å². The Morgan fingerprint density at radius 1 is 0.250 bits per heavy atom. The molecule has 0 saturated heterocycles. The summed E-state index contributed by atoms with van der Waals surface area (Å²) < 4.78 is 42.5. The van der Waals surface area contributed by atoms with E-state index >= 15 is 0 Å². The van der Waals surface area contributed by atoms with E-state index in [4.69, 9.17) is 27.1 Å². The Bertz CT molecular complexity index is 2720. The van der Waals surface area contributed by atoms with Crippen LogP contribution in [0.25, 0.3) is 32.7 Å². The van der Waals surface area contributed by atoms with Gasteiger partial charge in [-0.25, -0.2) is 0 Å². The lowest BCUT2D eigenvalue weighted by atomic mass is 9.86. The quantitative estimate of drug-likeness (QED) is 0.107. The smallest absolute Gasteiger partial charge is 0.408 e. The topological polar surface area (TPSA) is 55.4 Å². The first-order valence-corrected chi connectivity index (χ1v) is 25.5. The normalized spacial score (nSPS) is 12.4. The highest BCUT2D eigenvalue weighted by Crippen LogP contribution is 2.55. The van der Waals surface area contributed by atoms with Crippen molar-refractivity contribution in [3.05, 3.63) is 192 Å². The van der Waals surface area contributed by atoms with Gasteiger partial charge in [-0.05, 0) is 79.6 Å². The van der Waals surface area contributed by atoms with Gasteiger partial charge in [0.05, 0.1) is 0 Å². The predicted molar refractivity (Wildman–Crippen MR) is 285 cm³/mol. The lowest BCUT2D eigenvalue weighted by Crippen LogP contribution is -2.15. The van der Waals surface area contributed by atoms with Crippen LogP contribution in [0.2, 0.25) is 0 Å². The van der Waals surface area contributed by atoms with Crippen LogP contribution in [0.1, 0.15) is 105 Å². The van der Waals surface area contributed by atoms with Gasteiger partial charge in [0.2, 0.25) is 0 Å². The Kier molecular flexibility index (Phi) is 13.9. The van der Waals surface area contributed by atoms with Crippen molar-refractivity contribution in [2.45, 2.75) is 105 Å². The van der Waals surface area contributed by atoms with E-state index in [2.05, 4.69) is 168 Å². The third-order valence-electron chi connectivity index (χ3n) is 11.8. The van der Waals surface area contributed by atoms with Crippen molar-refractivity contribution in [2.75, 3.05) is 0 Å². The van der Waals surface area contributed by atoms with Crippen LogP contribution in [0.3, 0.4) is 0 Å². The maximum atomic E-state index is 7.27. The first-order chi connectivity index (χ1) is 32.3. The van der Waals surface area contributed by atoms with E-state index < -0.39 is 17.2 Å². The molecule has 0 N–H and O–H groups in total. The van der Waals surface area contributed by atoms with Crippen LogP contribution in [-0.4, -0.2) is 0 Å². The minimum absolute atomic E-state index is 0.215. The summed E-state index contributed by atoms with van der Waals surface area (Å²) >= 11 is 0. The Hall–Kier alpha value is -6.06. The zero-order valence-electron chi connectivity index (χ0n) is 41.5. The molecule has 0 unspecified atom stereocenters. The second-order valence-corrected chi connectivity index (χ2v) is 23.3. The third-order valence-corrected chi connectivity index (χ3v) is 13.9. The SMILES string of the molecule is CC(C)(C)c1ccccc1OP(Oc1ccccc1C(C)(C)C)Oc1ccc2ccccc2c1-c1c(OP(Oc2ccccc2C(C)(C)C)Oc2ccccc2C(C)(C)C)ccc2ccccc12. The van der Waals surface area contributed by atoms with Crippen LogP contribution in [0.15, 0.2) is 170 Å². The van der Waals surface area contributed by atoms with Crippen molar-refractivity contribution in [3.63, 3.8) is 0 Å². The molecular weight excluding hydrogens is 879 g/mol. The number of hydrogen-bond acceptors (Lipinski definition) is 6. The summed E-state index contributed by atoms with van der Waals surface area (Å²) in [7, 11) is -4.26. The second-order valence-electron chi connectivity index (χ2n) is 21.3. The maximum Gasteiger partial charge on any atom is 0.530 e. The number of hydrogen-bond donors (Lipinski definition) is 0. The molecule has 0 heterocycles. The molecule has 0 radical (unpaired) electrons. The largest absolute Gasteiger partial charge is 0.530 e. The standard InChI is InChI=1S/C60H64O6P2/c1-57(2,3)45-29-17-21-33-49(45)61-67(62-50-34-22-18-30-46(50)58(4,5)6)65-53-39-37-41-25-13-15-27-43(41)55(53)56-44-28-16-14-26-42(44)38-40-54(56)66-68(63-51-35-23-19-31-47(51)59(7,8)9)64-52-36-24-20-32-48(52)60(10,11)12/h13-40H,1-12H3. The number of fused-ring (bicyclic) bond motifs is 2. The van der Waals surface area contributed by atoms with Crippen LogP contribution in [0, 0.1) is 0 Å². The summed E-state index contributed by atoms with van der Waals surface area (Å²) in [6.45, 7) is 26.2. The Balaban J connectivity index is 1.33. The number of rotatable bonds is 13. The fraction of sp³-hybridized carbons (Fsp3) is 0.267. The van der Waals surface area contributed by atoms with Crippen LogP contribution >= 0.6 is 17.2 Å². The molecule has 0 aliphatic carbocycles. The lowest BCUT2D eigenvalue weighted by Gasteiger charge is -2.28. The third kappa shape index (κ3) is 10.9. The lowest BCUT2D eigenvalue weighted by molar-refractivity contribution is 0.375. The first kappa shape index (κ1) is 48.4. The molecule has 0 spiro atoms. The van der Waals surface area contributed by atoms with Crippen LogP contribution in [0.4, 0.5) is 0 Å². The maximum absolute atomic E-state index is 7.27. The average Bonchev–Trinajstić information content (AvgIpc) is 3.28. The molecule has 0 aliphatic rings. The van der Waals surface area contributed by atoms with Crippen LogP contribution in [0.5, 0.6) is 34.5 Å². The average molecular weight is 943 g/mol. The van der Waals surface area contributed by atoms with E-state index in [0.29, 0.717) is 34.5 Å². The van der Waals surface area contributed by atoms with Crippen molar-refractivity contribution < 1.29 is 27.1 Å². The van der Waals surface area contributed by atoms with Gasteiger partial charge < -0.3 is 27.1 Å². The summed E-state index contributed by atoms with van der Waals surface area (Å²) in [5, 5.41) is 4.00. The zero-order valence-corrected chi connectivity index (χ0v) is 43.3. The van der Waals surface area contributed by atoms with Crippen molar-refractivity contribution in [1.82, 2.24) is 0 Å². The highest BCUT2D eigenvalue weighted by atomic mass is 31.2. The van der Waals surface area contributed by atoms with Crippen molar-refractivity contribution in [3.8, 4) is 45.6 Å². The summed E-state index contributed by atoms with van der Waals surface area (Å²) in [6.07, 6.45) is 0. The van der Waals surface area contributed by atoms with Gasteiger partial charge in [0, 0.05) is 33.4 Å². The number of benzene rings is 8. The Labute approximate surface area is 406 Å². The first-order valence-electron chi connectivity index (χ1n) is 23.4. The molecule has 8 aromatic carbocycles. The monoisotopic (exact) mass is 942 g/mol. The molecule has 350 valence electrons. The van der Waals surface area contributed by atoms with Crippen LogP contribution < -0.4 is 27.1 Å². The van der Waals surface area contributed by atoms with Crippen molar-refractivity contribution in [2.24, 2.45) is 0 Å². The van der Waals surface area contributed by atoms with Gasteiger partial charge in [-0.1, -0.05) is 217 Å². The van der Waals surface area contributed by atoms with Crippen molar-refractivity contribution >= 4 is 38.7 Å². The molecule has 0 saturated carbocycles. The second kappa shape index (κ2) is 19.5. The van der Waals surface area contributed by atoms with Gasteiger partial charge >= 0.3 is 17.2 Å². The minimum atomic E-state index is -2.13. The van der Waals surface area contributed by atoms with E-state index in [1.54, 1.807) is 0 Å². The Morgan fingerprint density at radius 2 is 0.485 bits per heavy atom. The van der Waals surface area contributed by atoms with Gasteiger partial charge in [0.1, 0.15) is 34.5 Å². The highest BCUT2D eigenvalue weighted by Gasteiger charge is 2.33. The van der Waals surface area contributed by atoms with Gasteiger partial charge in [-0.2, -0.15) is 0 Å². The van der Waals surface area contributed by atoms with E-state index in [0.717, 1.165) is 54.9 Å². The molecule has 68 heavy (non-hydrogen) atoms. The molecule has 0 atom stereocenters. The van der Waals surface area contributed by atoms with Crippen molar-refractivity contribution in [1.29, 1.82) is 0 Å². The summed E-state index contributed by atoms with van der Waals surface area (Å²) in [4.78, 5) is 0. The molecular formula is C60H64O6P2. The van der Waals surface area contributed by atoms with E-state index in [1.165, 1.54) is 0 Å². The fourth-order valence-corrected chi connectivity index (χ4v) is 10.6. The fourth-order valence-electron chi connectivity index (χ4n) is 8.43. The van der Waals surface area contributed by atoms with E-state index in [1.807, 2.05) is 84.9 Å².